The summed E-state index contributed by atoms with van der Waals surface area (Å²) >= 11 is 0. The summed E-state index contributed by atoms with van der Waals surface area (Å²) in [5.41, 5.74) is 1.02. The van der Waals surface area contributed by atoms with Gasteiger partial charge >= 0.3 is 12.0 Å². The number of oxazole rings is 1. The minimum absolute atomic E-state index is 0.155. The second-order valence-corrected chi connectivity index (χ2v) is 3.99. The first kappa shape index (κ1) is 13.9. The van der Waals surface area contributed by atoms with Gasteiger partial charge in [0.15, 0.2) is 5.69 Å². The van der Waals surface area contributed by atoms with Gasteiger partial charge in [0.2, 0.25) is 0 Å². The molecule has 0 amide bonds. The fraction of sp³-hybridized carbons (Fsp3) is 0.286. The van der Waals surface area contributed by atoms with Crippen molar-refractivity contribution >= 4 is 17.7 Å². The highest BCUT2D eigenvalue weighted by atomic mass is 16.5. The van der Waals surface area contributed by atoms with E-state index in [1.807, 2.05) is 24.3 Å². The van der Waals surface area contributed by atoms with Crippen LogP contribution in [0.2, 0.25) is 0 Å². The lowest BCUT2D eigenvalue weighted by atomic mass is 10.3. The lowest BCUT2D eigenvalue weighted by molar-refractivity contribution is 0.0519. The molecule has 106 valence electrons. The quantitative estimate of drug-likeness (QED) is 0.782. The van der Waals surface area contributed by atoms with Crippen LogP contribution in [0.4, 0.5) is 11.7 Å². The second-order valence-electron chi connectivity index (χ2n) is 3.99. The summed E-state index contributed by atoms with van der Waals surface area (Å²) in [6, 6.07) is 7.72. The van der Waals surface area contributed by atoms with Crippen LogP contribution in [-0.2, 0) is 4.74 Å². The Balaban J connectivity index is 2.16. The van der Waals surface area contributed by atoms with Gasteiger partial charge in [-0.2, -0.15) is 4.98 Å². The Bertz CT molecular complexity index is 577. The number of rotatable bonds is 5. The van der Waals surface area contributed by atoms with Crippen LogP contribution < -0.4 is 9.64 Å². The number of carbonyl (C=O) groups is 1. The Hall–Kier alpha value is -2.50. The zero-order chi connectivity index (χ0) is 14.5. The summed E-state index contributed by atoms with van der Waals surface area (Å²) in [6.45, 7) is 2.04. The highest BCUT2D eigenvalue weighted by Crippen LogP contribution is 2.25. The molecule has 0 aliphatic carbocycles. The molecule has 20 heavy (non-hydrogen) atoms. The first-order valence-corrected chi connectivity index (χ1v) is 6.16. The van der Waals surface area contributed by atoms with Crippen LogP contribution in [0.3, 0.4) is 0 Å². The molecule has 2 rings (SSSR count). The maximum atomic E-state index is 11.5. The SMILES string of the molecule is CCOC(=O)c1coc(N(C)c2ccc(OC)cc2)n1. The molecule has 1 heterocycles. The number of hydrogen-bond acceptors (Lipinski definition) is 6. The van der Waals surface area contributed by atoms with E-state index in [0.717, 1.165) is 11.4 Å². The van der Waals surface area contributed by atoms with Crippen molar-refractivity contribution in [3.05, 3.63) is 36.2 Å². The minimum Gasteiger partial charge on any atom is -0.497 e. The van der Waals surface area contributed by atoms with Crippen LogP contribution in [0, 0.1) is 0 Å². The zero-order valence-corrected chi connectivity index (χ0v) is 11.6. The van der Waals surface area contributed by atoms with Crippen LogP contribution in [-0.4, -0.2) is 31.7 Å². The van der Waals surface area contributed by atoms with Crippen molar-refractivity contribution in [2.24, 2.45) is 0 Å². The molecule has 0 fully saturated rings. The van der Waals surface area contributed by atoms with Gasteiger partial charge in [0.25, 0.3) is 0 Å². The molecule has 0 atom stereocenters. The maximum absolute atomic E-state index is 11.5. The number of carbonyl (C=O) groups excluding carboxylic acids is 1. The Morgan fingerprint density at radius 3 is 2.65 bits per heavy atom. The van der Waals surface area contributed by atoms with Gasteiger partial charge in [-0.05, 0) is 31.2 Å². The van der Waals surface area contributed by atoms with Gasteiger partial charge in [0, 0.05) is 12.7 Å². The Morgan fingerprint density at radius 1 is 1.35 bits per heavy atom. The van der Waals surface area contributed by atoms with Gasteiger partial charge in [0.1, 0.15) is 12.0 Å². The fourth-order valence-electron chi connectivity index (χ4n) is 1.63. The maximum Gasteiger partial charge on any atom is 0.360 e. The third-order valence-corrected chi connectivity index (χ3v) is 2.72. The third kappa shape index (κ3) is 2.90. The van der Waals surface area contributed by atoms with Crippen molar-refractivity contribution in [3.8, 4) is 5.75 Å². The van der Waals surface area contributed by atoms with Crippen LogP contribution in [0.15, 0.2) is 34.9 Å². The Labute approximate surface area is 116 Å². The highest BCUT2D eigenvalue weighted by Gasteiger charge is 2.16. The summed E-state index contributed by atoms with van der Waals surface area (Å²) in [5.74, 6) is 0.271. The number of methoxy groups -OCH3 is 1. The number of aromatic nitrogens is 1. The summed E-state index contributed by atoms with van der Waals surface area (Å²) < 4.78 is 15.2. The summed E-state index contributed by atoms with van der Waals surface area (Å²) in [5, 5.41) is 0. The lowest BCUT2D eigenvalue weighted by Crippen LogP contribution is -2.11. The van der Waals surface area contributed by atoms with Gasteiger partial charge in [0.05, 0.1) is 13.7 Å². The second kappa shape index (κ2) is 6.10. The number of benzene rings is 1. The number of nitrogens with zero attached hydrogens (tertiary/aromatic N) is 2. The molecule has 0 spiro atoms. The first-order valence-electron chi connectivity index (χ1n) is 6.16. The highest BCUT2D eigenvalue weighted by molar-refractivity contribution is 5.87. The normalized spacial score (nSPS) is 10.2. The van der Waals surface area contributed by atoms with Gasteiger partial charge < -0.3 is 13.9 Å². The van der Waals surface area contributed by atoms with E-state index in [1.165, 1.54) is 6.26 Å². The van der Waals surface area contributed by atoms with Gasteiger partial charge in [-0.15, -0.1) is 0 Å². The summed E-state index contributed by atoms with van der Waals surface area (Å²) in [6.07, 6.45) is 1.29. The molecule has 0 aliphatic heterocycles. The smallest absolute Gasteiger partial charge is 0.360 e. The monoisotopic (exact) mass is 276 g/mol. The van der Waals surface area contributed by atoms with Crippen LogP contribution in [0.1, 0.15) is 17.4 Å². The van der Waals surface area contributed by atoms with E-state index in [0.29, 0.717) is 12.6 Å². The molecule has 0 radical (unpaired) electrons. The topological polar surface area (TPSA) is 64.8 Å². The van der Waals surface area contributed by atoms with E-state index in [9.17, 15) is 4.79 Å². The number of anilines is 2. The van der Waals surface area contributed by atoms with E-state index < -0.39 is 5.97 Å². The van der Waals surface area contributed by atoms with Crippen LogP contribution in [0.5, 0.6) is 5.75 Å². The van der Waals surface area contributed by atoms with Crippen molar-refractivity contribution in [1.82, 2.24) is 4.98 Å². The molecule has 1 aromatic heterocycles. The summed E-state index contributed by atoms with van der Waals surface area (Å²) in [7, 11) is 3.40. The van der Waals surface area contributed by atoms with Crippen LogP contribution in [0.25, 0.3) is 0 Å². The predicted octanol–water partition coefficient (Wildman–Crippen LogP) is 2.63. The van der Waals surface area contributed by atoms with Gasteiger partial charge in [-0.25, -0.2) is 4.79 Å². The Kier molecular flexibility index (Phi) is 4.24. The molecule has 6 nitrogen and oxygen atoms in total. The van der Waals surface area contributed by atoms with Crippen molar-refractivity contribution in [3.63, 3.8) is 0 Å². The molecule has 1 aromatic carbocycles. The van der Waals surface area contributed by atoms with Gasteiger partial charge in [-0.1, -0.05) is 0 Å². The standard InChI is InChI=1S/C14H16N2O4/c1-4-19-13(17)12-9-20-14(15-12)16(2)10-5-7-11(18-3)8-6-10/h5-9H,4H2,1-3H3. The van der Waals surface area contributed by atoms with Crippen molar-refractivity contribution in [1.29, 1.82) is 0 Å². The minimum atomic E-state index is -0.495. The third-order valence-electron chi connectivity index (χ3n) is 2.72. The molecule has 0 saturated carbocycles. The van der Waals surface area contributed by atoms with E-state index in [1.54, 1.807) is 26.0 Å². The van der Waals surface area contributed by atoms with Crippen LogP contribution >= 0.6 is 0 Å². The number of hydrogen-bond donors (Lipinski definition) is 0. The number of ether oxygens (including phenoxy) is 2. The van der Waals surface area contributed by atoms with E-state index in [2.05, 4.69) is 4.98 Å². The van der Waals surface area contributed by atoms with Crippen molar-refractivity contribution in [2.75, 3.05) is 25.7 Å². The predicted molar refractivity (Wildman–Crippen MR) is 73.5 cm³/mol. The average molecular weight is 276 g/mol. The zero-order valence-electron chi connectivity index (χ0n) is 11.6. The molecule has 6 heteroatoms. The summed E-state index contributed by atoms with van der Waals surface area (Å²) in [4.78, 5) is 17.3. The van der Waals surface area contributed by atoms with Crippen molar-refractivity contribution in [2.45, 2.75) is 6.92 Å². The average Bonchev–Trinajstić information content (AvgIpc) is 2.97. The van der Waals surface area contributed by atoms with E-state index in [4.69, 9.17) is 13.9 Å². The molecular formula is C14H16N2O4. The largest absolute Gasteiger partial charge is 0.497 e. The van der Waals surface area contributed by atoms with Gasteiger partial charge in [-0.3, -0.25) is 4.90 Å². The molecule has 0 unspecified atom stereocenters. The Morgan fingerprint density at radius 2 is 2.05 bits per heavy atom. The lowest BCUT2D eigenvalue weighted by Gasteiger charge is -2.14. The molecule has 0 N–H and O–H groups in total. The molecular weight excluding hydrogens is 260 g/mol. The molecule has 0 aliphatic rings. The number of esters is 1. The molecule has 0 saturated heterocycles. The van der Waals surface area contributed by atoms with E-state index >= 15 is 0 Å². The van der Waals surface area contributed by atoms with E-state index in [-0.39, 0.29) is 5.69 Å². The first-order chi connectivity index (χ1) is 9.65. The fourth-order valence-corrected chi connectivity index (χ4v) is 1.63. The molecule has 2 aromatic rings. The molecule has 0 bridgehead atoms. The van der Waals surface area contributed by atoms with Crippen molar-refractivity contribution < 1.29 is 18.7 Å².